The summed E-state index contributed by atoms with van der Waals surface area (Å²) in [4.78, 5) is 22.4. The topological polar surface area (TPSA) is 109 Å². The van der Waals surface area contributed by atoms with Crippen LogP contribution in [0.5, 0.6) is 5.75 Å². The van der Waals surface area contributed by atoms with E-state index in [1.807, 2.05) is 0 Å². The minimum absolute atomic E-state index is 0.609. The fraction of sp³-hybridized carbons (Fsp3) is 0.250. The van der Waals surface area contributed by atoms with E-state index in [0.717, 1.165) is 0 Å². The third-order valence-corrected chi connectivity index (χ3v) is 1.80. The lowest BCUT2D eigenvalue weighted by Gasteiger charge is -2.10. The lowest BCUT2D eigenvalue weighted by atomic mass is 10.1. The number of hydrogen-bond acceptors (Lipinski definition) is 5. The highest BCUT2D eigenvalue weighted by Crippen LogP contribution is 2.28. The molecule has 1 rings (SSSR count). The largest absolute Gasteiger partial charge is 0.573 e. The van der Waals surface area contributed by atoms with E-state index in [2.05, 4.69) is 4.74 Å². The van der Waals surface area contributed by atoms with E-state index in [1.165, 1.54) is 6.07 Å². The van der Waals surface area contributed by atoms with Crippen LogP contribution in [0, 0.1) is 21.4 Å². The first-order valence-electron chi connectivity index (χ1n) is 4.28. The standard InChI is InChI=1S/C8H4F3N3O4/c9-8(10,11)18-6-4(1-2-12)5(14(16)17)3-13-7(6)15/h3H,1H2,(H,13,15). The highest BCUT2D eigenvalue weighted by atomic mass is 19.4. The van der Waals surface area contributed by atoms with Crippen molar-refractivity contribution in [3.05, 3.63) is 32.2 Å². The summed E-state index contributed by atoms with van der Waals surface area (Å²) in [5.74, 6) is -1.29. The molecule has 0 aliphatic heterocycles. The van der Waals surface area contributed by atoms with Crippen LogP contribution >= 0.6 is 0 Å². The highest BCUT2D eigenvalue weighted by Gasteiger charge is 2.35. The van der Waals surface area contributed by atoms with Crippen molar-refractivity contribution in [3.63, 3.8) is 0 Å². The molecule has 1 N–H and O–H groups in total. The maximum atomic E-state index is 12.0. The van der Waals surface area contributed by atoms with Crippen molar-refractivity contribution < 1.29 is 22.8 Å². The second-order valence-electron chi connectivity index (χ2n) is 2.95. The zero-order chi connectivity index (χ0) is 13.9. The van der Waals surface area contributed by atoms with Crippen LogP contribution in [-0.4, -0.2) is 16.3 Å². The van der Waals surface area contributed by atoms with E-state index in [4.69, 9.17) is 5.26 Å². The lowest BCUT2D eigenvalue weighted by molar-refractivity contribution is -0.386. The Balaban J connectivity index is 3.47. The number of ether oxygens (including phenoxy) is 1. The molecule has 0 spiro atoms. The monoisotopic (exact) mass is 263 g/mol. The quantitative estimate of drug-likeness (QED) is 0.651. The molecule has 0 atom stereocenters. The summed E-state index contributed by atoms with van der Waals surface area (Å²) in [6.45, 7) is 0. The van der Waals surface area contributed by atoms with Crippen LogP contribution < -0.4 is 10.3 Å². The second kappa shape index (κ2) is 4.74. The molecule has 7 nitrogen and oxygen atoms in total. The maximum Gasteiger partial charge on any atom is 0.573 e. The van der Waals surface area contributed by atoms with Crippen LogP contribution in [0.15, 0.2) is 11.0 Å². The third-order valence-electron chi connectivity index (χ3n) is 1.80. The molecule has 0 saturated carbocycles. The van der Waals surface area contributed by atoms with Crippen molar-refractivity contribution in [2.24, 2.45) is 0 Å². The minimum Gasteiger partial charge on any atom is -0.399 e. The number of hydrogen-bond donors (Lipinski definition) is 1. The van der Waals surface area contributed by atoms with E-state index in [-0.39, 0.29) is 0 Å². The number of nitrogens with zero attached hydrogens (tertiary/aromatic N) is 2. The van der Waals surface area contributed by atoms with Gasteiger partial charge < -0.3 is 9.72 Å². The van der Waals surface area contributed by atoms with Crippen LogP contribution in [0.1, 0.15) is 5.56 Å². The van der Waals surface area contributed by atoms with Gasteiger partial charge in [0, 0.05) is 0 Å². The molecule has 0 bridgehead atoms. The van der Waals surface area contributed by atoms with Crippen LogP contribution in [0.4, 0.5) is 18.9 Å². The highest BCUT2D eigenvalue weighted by molar-refractivity contribution is 5.48. The molecule has 0 amide bonds. The Morgan fingerprint density at radius 1 is 1.56 bits per heavy atom. The van der Waals surface area contributed by atoms with Crippen molar-refractivity contribution in [1.82, 2.24) is 4.98 Å². The van der Waals surface area contributed by atoms with Gasteiger partial charge in [-0.2, -0.15) is 5.26 Å². The van der Waals surface area contributed by atoms with Gasteiger partial charge in [0.1, 0.15) is 0 Å². The molecule has 96 valence electrons. The normalized spacial score (nSPS) is 10.8. The molecule has 0 aliphatic carbocycles. The molecule has 10 heteroatoms. The minimum atomic E-state index is -5.19. The van der Waals surface area contributed by atoms with Gasteiger partial charge in [-0.3, -0.25) is 14.9 Å². The predicted octanol–water partition coefficient (Wildman–Crippen LogP) is 1.25. The molecule has 0 saturated heterocycles. The molecule has 0 fully saturated rings. The SMILES string of the molecule is N#CCc1c([N+](=O)[O-])c[nH]c(=O)c1OC(F)(F)F. The van der Waals surface area contributed by atoms with Gasteiger partial charge in [0.15, 0.2) is 0 Å². The van der Waals surface area contributed by atoms with E-state index < -0.39 is 40.3 Å². The Kier molecular flexibility index (Phi) is 3.55. The van der Waals surface area contributed by atoms with Gasteiger partial charge in [-0.1, -0.05) is 0 Å². The first-order valence-corrected chi connectivity index (χ1v) is 4.28. The average molecular weight is 263 g/mol. The zero-order valence-electron chi connectivity index (χ0n) is 8.45. The molecule has 0 aromatic carbocycles. The van der Waals surface area contributed by atoms with E-state index in [1.54, 1.807) is 4.98 Å². The van der Waals surface area contributed by atoms with E-state index in [9.17, 15) is 28.1 Å². The number of alkyl halides is 3. The molecule has 1 heterocycles. The summed E-state index contributed by atoms with van der Waals surface area (Å²) in [5, 5.41) is 19.0. The fourth-order valence-corrected chi connectivity index (χ4v) is 1.18. The number of rotatable bonds is 3. The molecule has 0 aliphatic rings. The molecular formula is C8H4F3N3O4. The number of pyridine rings is 1. The van der Waals surface area contributed by atoms with Gasteiger partial charge in [0.25, 0.3) is 11.2 Å². The zero-order valence-corrected chi connectivity index (χ0v) is 8.45. The Hall–Kier alpha value is -2.57. The van der Waals surface area contributed by atoms with E-state index in [0.29, 0.717) is 6.20 Å². The van der Waals surface area contributed by atoms with Crippen LogP contribution in [0.2, 0.25) is 0 Å². The Bertz CT molecular complexity index is 572. The van der Waals surface area contributed by atoms with Crippen LogP contribution in [0.25, 0.3) is 0 Å². The summed E-state index contributed by atoms with van der Waals surface area (Å²) in [5.41, 5.74) is -2.85. The molecule has 1 aromatic rings. The van der Waals surface area contributed by atoms with Crippen LogP contribution in [-0.2, 0) is 6.42 Å². The van der Waals surface area contributed by atoms with Gasteiger partial charge in [-0.25, -0.2) is 0 Å². The van der Waals surface area contributed by atoms with Gasteiger partial charge in [-0.05, 0) is 0 Å². The number of H-pyrrole nitrogens is 1. The fourth-order valence-electron chi connectivity index (χ4n) is 1.18. The molecule has 0 unspecified atom stereocenters. The van der Waals surface area contributed by atoms with Gasteiger partial charge in [-0.15, -0.1) is 13.2 Å². The van der Waals surface area contributed by atoms with E-state index >= 15 is 0 Å². The summed E-state index contributed by atoms with van der Waals surface area (Å²) in [7, 11) is 0. The Labute approximate surface area is 96.6 Å². The lowest BCUT2D eigenvalue weighted by Crippen LogP contribution is -2.24. The smallest absolute Gasteiger partial charge is 0.399 e. The predicted molar refractivity (Wildman–Crippen MR) is 49.7 cm³/mol. The van der Waals surface area contributed by atoms with Crippen molar-refractivity contribution >= 4 is 5.69 Å². The van der Waals surface area contributed by atoms with Gasteiger partial charge in [0.05, 0.1) is 29.2 Å². The number of nitro groups is 1. The summed E-state index contributed by atoms with van der Waals surface area (Å²) >= 11 is 0. The van der Waals surface area contributed by atoms with Crippen LogP contribution in [0.3, 0.4) is 0 Å². The summed E-state index contributed by atoms with van der Waals surface area (Å²) in [6, 6.07) is 1.43. The number of halogens is 3. The second-order valence-corrected chi connectivity index (χ2v) is 2.95. The third kappa shape index (κ3) is 2.97. The molecular weight excluding hydrogens is 259 g/mol. The average Bonchev–Trinajstić information content (AvgIpc) is 2.21. The molecule has 0 radical (unpaired) electrons. The number of aromatic amines is 1. The number of nitrogens with one attached hydrogen (secondary N) is 1. The summed E-state index contributed by atoms with van der Waals surface area (Å²) < 4.78 is 39.5. The van der Waals surface area contributed by atoms with Crippen molar-refractivity contribution in [3.8, 4) is 11.8 Å². The van der Waals surface area contributed by atoms with Crippen molar-refractivity contribution in [2.45, 2.75) is 12.8 Å². The van der Waals surface area contributed by atoms with Gasteiger partial charge >= 0.3 is 6.36 Å². The first kappa shape index (κ1) is 13.5. The van der Waals surface area contributed by atoms with Crippen molar-refractivity contribution in [1.29, 1.82) is 5.26 Å². The van der Waals surface area contributed by atoms with Crippen molar-refractivity contribution in [2.75, 3.05) is 0 Å². The number of aromatic nitrogens is 1. The molecule has 18 heavy (non-hydrogen) atoms. The maximum absolute atomic E-state index is 12.0. The summed E-state index contributed by atoms with van der Waals surface area (Å²) in [6.07, 6.45) is -5.34. The Morgan fingerprint density at radius 3 is 2.61 bits per heavy atom. The van der Waals surface area contributed by atoms with Gasteiger partial charge in [0.2, 0.25) is 5.75 Å². The first-order chi connectivity index (χ1) is 8.26. The Morgan fingerprint density at radius 2 is 2.17 bits per heavy atom. The molecule has 1 aromatic heterocycles. The number of nitriles is 1.